The summed E-state index contributed by atoms with van der Waals surface area (Å²) in [6, 6.07) is 1.80. The van der Waals surface area contributed by atoms with Crippen LogP contribution in [0.15, 0.2) is 12.1 Å². The number of methoxy groups -OCH3 is 1. The summed E-state index contributed by atoms with van der Waals surface area (Å²) in [5, 5.41) is 26.6. The Labute approximate surface area is 84.3 Å². The fraction of sp³-hybridized carbons (Fsp3) is 0.111. The Morgan fingerprint density at radius 2 is 1.67 bits per heavy atom. The normalized spacial score (nSPS) is 9.67. The minimum absolute atomic E-state index is 0.0926. The summed E-state index contributed by atoms with van der Waals surface area (Å²) in [5.41, 5.74) is -0.791. The number of ether oxygens (including phenoxy) is 1. The van der Waals surface area contributed by atoms with Crippen LogP contribution in [0.25, 0.3) is 0 Å². The molecule has 80 valence electrons. The first-order chi connectivity index (χ1) is 6.97. The Bertz CT molecular complexity index is 423. The molecule has 0 saturated carbocycles. The van der Waals surface area contributed by atoms with Gasteiger partial charge in [0.1, 0.15) is 22.6 Å². The van der Waals surface area contributed by atoms with Crippen molar-refractivity contribution in [3.63, 3.8) is 0 Å². The van der Waals surface area contributed by atoms with Gasteiger partial charge in [-0.1, -0.05) is 0 Å². The van der Waals surface area contributed by atoms with Crippen LogP contribution < -0.4 is 4.74 Å². The van der Waals surface area contributed by atoms with E-state index in [1.807, 2.05) is 0 Å². The monoisotopic (exact) mass is 212 g/mol. The molecule has 0 radical (unpaired) electrons. The first kappa shape index (κ1) is 10.8. The van der Waals surface area contributed by atoms with Gasteiger partial charge in [0.05, 0.1) is 7.11 Å². The van der Waals surface area contributed by atoms with Crippen LogP contribution in [0.1, 0.15) is 20.7 Å². The highest BCUT2D eigenvalue weighted by Crippen LogP contribution is 2.28. The van der Waals surface area contributed by atoms with E-state index in [4.69, 9.17) is 10.2 Å². The summed E-state index contributed by atoms with van der Waals surface area (Å²) >= 11 is 0. The molecule has 0 heterocycles. The zero-order valence-electron chi connectivity index (χ0n) is 7.72. The zero-order valence-corrected chi connectivity index (χ0v) is 7.72. The van der Waals surface area contributed by atoms with Crippen LogP contribution in [0, 0.1) is 0 Å². The zero-order chi connectivity index (χ0) is 11.6. The third-order valence-corrected chi connectivity index (χ3v) is 1.78. The summed E-state index contributed by atoms with van der Waals surface area (Å²) < 4.78 is 4.69. The number of aromatic hydroxyl groups is 1. The van der Waals surface area contributed by atoms with Gasteiger partial charge >= 0.3 is 11.9 Å². The highest BCUT2D eigenvalue weighted by Gasteiger charge is 2.18. The summed E-state index contributed by atoms with van der Waals surface area (Å²) in [4.78, 5) is 21.3. The number of rotatable bonds is 3. The Kier molecular flexibility index (Phi) is 2.80. The van der Waals surface area contributed by atoms with Crippen molar-refractivity contribution in [3.05, 3.63) is 23.3 Å². The minimum Gasteiger partial charge on any atom is -0.507 e. The molecule has 0 aliphatic rings. The maximum atomic E-state index is 10.7. The summed E-state index contributed by atoms with van der Waals surface area (Å²) in [6.45, 7) is 0. The molecule has 6 heteroatoms. The molecule has 15 heavy (non-hydrogen) atoms. The maximum absolute atomic E-state index is 10.7. The molecule has 0 aliphatic carbocycles. The quantitative estimate of drug-likeness (QED) is 0.684. The van der Waals surface area contributed by atoms with Crippen molar-refractivity contribution in [2.45, 2.75) is 0 Å². The Balaban J connectivity index is 3.43. The van der Waals surface area contributed by atoms with Crippen LogP contribution in [-0.2, 0) is 0 Å². The molecule has 0 spiro atoms. The largest absolute Gasteiger partial charge is 0.507 e. The van der Waals surface area contributed by atoms with Gasteiger partial charge in [-0.2, -0.15) is 0 Å². The lowest BCUT2D eigenvalue weighted by Gasteiger charge is -2.07. The average molecular weight is 212 g/mol. The van der Waals surface area contributed by atoms with Gasteiger partial charge < -0.3 is 20.1 Å². The van der Waals surface area contributed by atoms with Crippen LogP contribution in [-0.4, -0.2) is 34.4 Å². The molecule has 0 saturated heterocycles. The molecule has 0 unspecified atom stereocenters. The van der Waals surface area contributed by atoms with E-state index in [0.717, 1.165) is 12.1 Å². The van der Waals surface area contributed by atoms with E-state index < -0.39 is 23.3 Å². The second-order valence-corrected chi connectivity index (χ2v) is 2.68. The number of carboxylic acid groups (broad SMARTS) is 2. The van der Waals surface area contributed by atoms with Gasteiger partial charge in [-0.15, -0.1) is 0 Å². The predicted molar refractivity (Wildman–Crippen MR) is 48.6 cm³/mol. The maximum Gasteiger partial charge on any atom is 0.339 e. The molecule has 0 bridgehead atoms. The third kappa shape index (κ3) is 1.98. The summed E-state index contributed by atoms with van der Waals surface area (Å²) in [5.74, 6) is -3.36. The summed E-state index contributed by atoms with van der Waals surface area (Å²) in [7, 11) is 1.22. The van der Waals surface area contributed by atoms with Crippen LogP contribution >= 0.6 is 0 Å². The van der Waals surface area contributed by atoms with Gasteiger partial charge in [-0.05, 0) is 6.07 Å². The van der Waals surface area contributed by atoms with Crippen LogP contribution in [0.3, 0.4) is 0 Å². The molecular formula is C9H8O6. The average Bonchev–Trinajstić information content (AvgIpc) is 2.16. The molecule has 0 fully saturated rings. The molecule has 1 rings (SSSR count). The topological polar surface area (TPSA) is 104 Å². The van der Waals surface area contributed by atoms with E-state index in [1.54, 1.807) is 0 Å². The van der Waals surface area contributed by atoms with Crippen LogP contribution in [0.4, 0.5) is 0 Å². The lowest BCUT2D eigenvalue weighted by Crippen LogP contribution is -2.05. The number of hydrogen-bond donors (Lipinski definition) is 3. The van der Waals surface area contributed by atoms with E-state index in [0.29, 0.717) is 0 Å². The van der Waals surface area contributed by atoms with Crippen molar-refractivity contribution in [1.82, 2.24) is 0 Å². The lowest BCUT2D eigenvalue weighted by molar-refractivity contribution is 0.0693. The Morgan fingerprint density at radius 3 is 2.07 bits per heavy atom. The van der Waals surface area contributed by atoms with E-state index in [-0.39, 0.29) is 11.3 Å². The van der Waals surface area contributed by atoms with Gasteiger partial charge in [0.15, 0.2) is 0 Å². The third-order valence-electron chi connectivity index (χ3n) is 1.78. The molecule has 0 aromatic heterocycles. The van der Waals surface area contributed by atoms with Gasteiger partial charge in [0.25, 0.3) is 0 Å². The lowest BCUT2D eigenvalue weighted by atomic mass is 10.1. The van der Waals surface area contributed by atoms with E-state index in [9.17, 15) is 14.7 Å². The van der Waals surface area contributed by atoms with Crippen LogP contribution in [0.5, 0.6) is 11.5 Å². The van der Waals surface area contributed by atoms with Crippen molar-refractivity contribution >= 4 is 11.9 Å². The number of hydrogen-bond acceptors (Lipinski definition) is 4. The second kappa shape index (κ2) is 3.87. The van der Waals surface area contributed by atoms with Crippen molar-refractivity contribution in [3.8, 4) is 11.5 Å². The number of carboxylic acids is 2. The molecule has 0 amide bonds. The van der Waals surface area contributed by atoms with Crippen molar-refractivity contribution in [2.75, 3.05) is 7.11 Å². The SMILES string of the molecule is COc1cc(O)c(C(=O)O)cc1C(=O)O. The minimum atomic E-state index is -1.40. The molecule has 6 nitrogen and oxygen atoms in total. The fourth-order valence-corrected chi connectivity index (χ4v) is 1.08. The van der Waals surface area contributed by atoms with Gasteiger partial charge in [-0.3, -0.25) is 0 Å². The first-order valence-electron chi connectivity index (χ1n) is 3.85. The van der Waals surface area contributed by atoms with E-state index >= 15 is 0 Å². The van der Waals surface area contributed by atoms with Gasteiger partial charge in [-0.25, -0.2) is 9.59 Å². The van der Waals surface area contributed by atoms with Gasteiger partial charge in [0.2, 0.25) is 0 Å². The molecule has 0 atom stereocenters. The number of benzene rings is 1. The first-order valence-corrected chi connectivity index (χ1v) is 3.85. The van der Waals surface area contributed by atoms with Gasteiger partial charge in [0, 0.05) is 6.07 Å². The molecule has 1 aromatic rings. The Morgan fingerprint density at radius 1 is 1.13 bits per heavy atom. The molecular weight excluding hydrogens is 204 g/mol. The fourth-order valence-electron chi connectivity index (χ4n) is 1.08. The highest BCUT2D eigenvalue weighted by molar-refractivity contribution is 5.97. The standard InChI is InChI=1S/C9H8O6/c1-15-7-3-6(10)4(8(11)12)2-5(7)9(13)14/h2-3,10H,1H3,(H,11,12)(H,13,14). The Hall–Kier alpha value is -2.24. The number of phenols is 1. The van der Waals surface area contributed by atoms with Crippen molar-refractivity contribution in [2.24, 2.45) is 0 Å². The van der Waals surface area contributed by atoms with E-state index in [2.05, 4.69) is 4.74 Å². The molecule has 0 aliphatic heterocycles. The van der Waals surface area contributed by atoms with Crippen molar-refractivity contribution in [1.29, 1.82) is 0 Å². The molecule has 3 N–H and O–H groups in total. The number of carbonyl (C=O) groups is 2. The van der Waals surface area contributed by atoms with Crippen LogP contribution in [0.2, 0.25) is 0 Å². The highest BCUT2D eigenvalue weighted by atomic mass is 16.5. The van der Waals surface area contributed by atoms with E-state index in [1.165, 1.54) is 7.11 Å². The molecule has 1 aromatic carbocycles. The second-order valence-electron chi connectivity index (χ2n) is 2.68. The summed E-state index contributed by atoms with van der Waals surface area (Å²) in [6.07, 6.45) is 0. The van der Waals surface area contributed by atoms with Crippen molar-refractivity contribution < 1.29 is 29.6 Å². The predicted octanol–water partition coefficient (Wildman–Crippen LogP) is 0.797. The number of aromatic carboxylic acids is 2. The smallest absolute Gasteiger partial charge is 0.339 e.